The lowest BCUT2D eigenvalue weighted by atomic mass is 10.0. The molecule has 2 aromatic rings. The van der Waals surface area contributed by atoms with Gasteiger partial charge in [-0.3, -0.25) is 4.79 Å². The fourth-order valence-electron chi connectivity index (χ4n) is 2.84. The highest BCUT2D eigenvalue weighted by molar-refractivity contribution is 7.09. The van der Waals surface area contributed by atoms with Crippen molar-refractivity contribution >= 4 is 29.3 Å². The van der Waals surface area contributed by atoms with Crippen molar-refractivity contribution in [2.75, 3.05) is 13.6 Å². The van der Waals surface area contributed by atoms with Crippen LogP contribution in [0.25, 0.3) is 0 Å². The lowest BCUT2D eigenvalue weighted by Crippen LogP contribution is -2.34. The smallest absolute Gasteiger partial charge is 0.270 e. The Kier molecular flexibility index (Phi) is 8.18. The van der Waals surface area contributed by atoms with Gasteiger partial charge in [-0.15, -0.1) is 11.3 Å². The molecular formula is C22H32N4OS. The van der Waals surface area contributed by atoms with Gasteiger partial charge in [-0.2, -0.15) is 0 Å². The number of aromatic nitrogens is 1. The lowest BCUT2D eigenvalue weighted by Gasteiger charge is -2.13. The van der Waals surface area contributed by atoms with Crippen molar-refractivity contribution in [3.63, 3.8) is 0 Å². The quantitative estimate of drug-likeness (QED) is 0.482. The van der Waals surface area contributed by atoms with E-state index in [0.29, 0.717) is 5.69 Å². The summed E-state index contributed by atoms with van der Waals surface area (Å²) in [6.07, 6.45) is 4.46. The van der Waals surface area contributed by atoms with Crippen molar-refractivity contribution in [2.24, 2.45) is 4.99 Å². The number of rotatable bonds is 9. The van der Waals surface area contributed by atoms with Crippen molar-refractivity contribution < 1.29 is 4.79 Å². The van der Waals surface area contributed by atoms with E-state index in [2.05, 4.69) is 62.0 Å². The van der Waals surface area contributed by atoms with Crippen molar-refractivity contribution in [2.45, 2.75) is 59.9 Å². The van der Waals surface area contributed by atoms with E-state index >= 15 is 0 Å². The third kappa shape index (κ3) is 5.89. The van der Waals surface area contributed by atoms with E-state index < -0.39 is 0 Å². The van der Waals surface area contributed by atoms with Crippen LogP contribution in [0.3, 0.4) is 0 Å². The highest BCUT2D eigenvalue weighted by Crippen LogP contribution is 2.26. The normalized spacial score (nSPS) is 11.4. The molecule has 0 aliphatic heterocycles. The lowest BCUT2D eigenvalue weighted by molar-refractivity contribution is 0.0930. The van der Waals surface area contributed by atoms with Crippen molar-refractivity contribution in [3.05, 3.63) is 44.9 Å². The second-order valence-electron chi connectivity index (χ2n) is 7.17. The van der Waals surface area contributed by atoms with Gasteiger partial charge in [0.1, 0.15) is 5.69 Å². The largest absolute Gasteiger partial charge is 0.366 e. The fourth-order valence-corrected chi connectivity index (χ4v) is 3.64. The molecule has 0 saturated carbocycles. The molecule has 0 unspecified atom stereocenters. The van der Waals surface area contributed by atoms with Crippen LogP contribution in [0.4, 0.5) is 5.69 Å². The van der Waals surface area contributed by atoms with Gasteiger partial charge in [0.2, 0.25) is 0 Å². The molecule has 0 aliphatic rings. The highest BCUT2D eigenvalue weighted by atomic mass is 32.1. The number of amides is 1. The van der Waals surface area contributed by atoms with Gasteiger partial charge in [-0.25, -0.2) is 9.98 Å². The summed E-state index contributed by atoms with van der Waals surface area (Å²) in [6.45, 7) is 11.4. The molecule has 0 saturated heterocycles. The average molecular weight is 401 g/mol. The Morgan fingerprint density at radius 2 is 1.96 bits per heavy atom. The number of hydrogen-bond acceptors (Lipinski definition) is 4. The van der Waals surface area contributed by atoms with Crippen LogP contribution in [0, 0.1) is 13.8 Å². The topological polar surface area (TPSA) is 57.6 Å². The average Bonchev–Trinajstić information content (AvgIpc) is 3.15. The fraction of sp³-hybridized carbons (Fsp3) is 0.500. The van der Waals surface area contributed by atoms with Crippen LogP contribution in [0.15, 0.2) is 22.5 Å². The molecule has 1 aromatic heterocycles. The number of carbonyl (C=O) groups excluding carboxylic acids is 1. The van der Waals surface area contributed by atoms with Crippen molar-refractivity contribution in [1.29, 1.82) is 0 Å². The minimum Gasteiger partial charge on any atom is -0.366 e. The molecule has 1 amide bonds. The monoisotopic (exact) mass is 400 g/mol. The van der Waals surface area contributed by atoms with E-state index in [1.54, 1.807) is 11.3 Å². The van der Waals surface area contributed by atoms with Crippen LogP contribution in [0.1, 0.15) is 65.8 Å². The van der Waals surface area contributed by atoms with Gasteiger partial charge in [0.25, 0.3) is 5.91 Å². The van der Waals surface area contributed by atoms with Crippen LogP contribution in [-0.4, -0.2) is 41.8 Å². The van der Waals surface area contributed by atoms with Gasteiger partial charge in [0, 0.05) is 31.4 Å². The maximum absolute atomic E-state index is 12.4. The van der Waals surface area contributed by atoms with Gasteiger partial charge < -0.3 is 10.2 Å². The number of nitrogens with zero attached hydrogens (tertiary/aromatic N) is 3. The molecule has 2 rings (SSSR count). The molecule has 0 fully saturated rings. The molecule has 0 aliphatic carbocycles. The minimum atomic E-state index is -0.0752. The first-order chi connectivity index (χ1) is 13.4. The summed E-state index contributed by atoms with van der Waals surface area (Å²) in [4.78, 5) is 23.6. The van der Waals surface area contributed by atoms with Gasteiger partial charge >= 0.3 is 0 Å². The summed E-state index contributed by atoms with van der Waals surface area (Å²) in [5.41, 5.74) is 5.07. The zero-order valence-electron chi connectivity index (χ0n) is 17.9. The minimum absolute atomic E-state index is 0.0752. The number of benzene rings is 1. The van der Waals surface area contributed by atoms with Crippen LogP contribution in [0.5, 0.6) is 0 Å². The molecule has 0 spiro atoms. The summed E-state index contributed by atoms with van der Waals surface area (Å²) < 4.78 is 0. The van der Waals surface area contributed by atoms with Crippen molar-refractivity contribution in [3.8, 4) is 0 Å². The first-order valence-corrected chi connectivity index (χ1v) is 10.9. The number of aliphatic imine (C=N–C) groups is 1. The van der Waals surface area contributed by atoms with E-state index in [9.17, 15) is 4.79 Å². The predicted octanol–water partition coefficient (Wildman–Crippen LogP) is 4.88. The summed E-state index contributed by atoms with van der Waals surface area (Å²) in [7, 11) is 2.01. The van der Waals surface area contributed by atoms with Gasteiger partial charge in [-0.05, 0) is 56.4 Å². The molecule has 0 bridgehead atoms. The number of hydrogen-bond donors (Lipinski definition) is 1. The van der Waals surface area contributed by atoms with E-state index in [-0.39, 0.29) is 11.9 Å². The molecule has 1 heterocycles. The molecule has 6 heteroatoms. The molecule has 0 radical (unpaired) electrons. The van der Waals surface area contributed by atoms with Gasteiger partial charge in [0.15, 0.2) is 0 Å². The summed E-state index contributed by atoms with van der Waals surface area (Å²) in [5.74, 6) is -0.0752. The van der Waals surface area contributed by atoms with Crippen molar-refractivity contribution in [1.82, 2.24) is 15.2 Å². The number of thiazole rings is 1. The number of carbonyl (C=O) groups is 1. The third-order valence-electron chi connectivity index (χ3n) is 4.99. The third-order valence-corrected chi connectivity index (χ3v) is 5.84. The van der Waals surface area contributed by atoms with Crippen LogP contribution >= 0.6 is 11.3 Å². The molecule has 1 N–H and O–H groups in total. The van der Waals surface area contributed by atoms with E-state index in [1.165, 1.54) is 11.1 Å². The zero-order chi connectivity index (χ0) is 20.7. The zero-order valence-corrected chi connectivity index (χ0v) is 18.7. The standard InChI is InChI=1S/C22H32N4OS/c1-7-18(8-2)24-22(27)20-13-28-21(25-20)12-17-10-16(5)19(11-15(17)4)23-14-26(6)9-3/h10-11,13-14,18H,7-9,12H2,1-6H3,(H,24,27). The summed E-state index contributed by atoms with van der Waals surface area (Å²) in [5, 5.41) is 5.86. The maximum Gasteiger partial charge on any atom is 0.270 e. The Balaban J connectivity index is 2.12. The highest BCUT2D eigenvalue weighted by Gasteiger charge is 2.15. The van der Waals surface area contributed by atoms with Crippen LogP contribution in [-0.2, 0) is 6.42 Å². The molecule has 28 heavy (non-hydrogen) atoms. The van der Waals surface area contributed by atoms with Gasteiger partial charge in [0.05, 0.1) is 17.0 Å². The Hall–Kier alpha value is -2.21. The first-order valence-electron chi connectivity index (χ1n) is 9.97. The Bertz CT molecular complexity index is 824. The number of aryl methyl sites for hydroxylation is 2. The Morgan fingerprint density at radius 3 is 2.61 bits per heavy atom. The van der Waals surface area contributed by atoms with Crippen LogP contribution in [0.2, 0.25) is 0 Å². The summed E-state index contributed by atoms with van der Waals surface area (Å²) >= 11 is 1.54. The van der Waals surface area contributed by atoms with Crippen LogP contribution < -0.4 is 5.32 Å². The number of nitrogens with one attached hydrogen (secondary N) is 1. The summed E-state index contributed by atoms with van der Waals surface area (Å²) in [6, 6.07) is 4.51. The van der Waals surface area contributed by atoms with E-state index in [0.717, 1.165) is 42.1 Å². The first kappa shape index (κ1) is 22.1. The Labute approximate surface area is 172 Å². The molecular weight excluding hydrogens is 368 g/mol. The molecule has 0 atom stereocenters. The SMILES string of the molecule is CCC(CC)NC(=O)c1csc(Cc2cc(C)c(N=CN(C)CC)cc2C)n1. The molecule has 5 nitrogen and oxygen atoms in total. The Morgan fingerprint density at radius 1 is 1.25 bits per heavy atom. The molecule has 152 valence electrons. The second kappa shape index (κ2) is 10.4. The molecule has 1 aromatic carbocycles. The second-order valence-corrected chi connectivity index (χ2v) is 8.12. The van der Waals surface area contributed by atoms with E-state index in [4.69, 9.17) is 0 Å². The van der Waals surface area contributed by atoms with Gasteiger partial charge in [-0.1, -0.05) is 19.9 Å². The maximum atomic E-state index is 12.4. The predicted molar refractivity (Wildman–Crippen MR) is 119 cm³/mol. The van der Waals surface area contributed by atoms with E-state index in [1.807, 2.05) is 23.7 Å².